The van der Waals surface area contributed by atoms with Crippen molar-refractivity contribution < 1.29 is 44.6 Å². The van der Waals surface area contributed by atoms with Gasteiger partial charge in [0.2, 0.25) is 0 Å². The second kappa shape index (κ2) is 13.3. The van der Waals surface area contributed by atoms with Crippen molar-refractivity contribution in [1.29, 1.82) is 0 Å². The highest BCUT2D eigenvalue weighted by Gasteiger charge is 2.26. The van der Waals surface area contributed by atoms with Gasteiger partial charge in [-0.3, -0.25) is 19.4 Å². The van der Waals surface area contributed by atoms with Crippen molar-refractivity contribution in [3.8, 4) is 5.75 Å². The van der Waals surface area contributed by atoms with E-state index in [1.165, 1.54) is 46.8 Å². The molecule has 4 aromatic carbocycles. The number of phenols is 1. The van der Waals surface area contributed by atoms with Gasteiger partial charge in [0.15, 0.2) is 9.84 Å². The molecule has 5 rings (SSSR count). The van der Waals surface area contributed by atoms with Gasteiger partial charge in [0.1, 0.15) is 16.3 Å². The first-order chi connectivity index (χ1) is 22.2. The number of nitro groups is 1. The Kier molecular flexibility index (Phi) is 9.57. The third-order valence-electron chi connectivity index (χ3n) is 7.18. The number of aryl methyl sites for hydroxylation is 1. The first kappa shape index (κ1) is 33.8. The number of morpholine rings is 1. The summed E-state index contributed by atoms with van der Waals surface area (Å²) in [6.45, 7) is 0.700. The number of fused-ring (bicyclic) bond motifs is 1. The molecule has 1 aliphatic rings. The van der Waals surface area contributed by atoms with Gasteiger partial charge >= 0.3 is 10.2 Å². The minimum absolute atomic E-state index is 0.0544. The number of nitrogens with one attached hydrogen (secondary N) is 1. The van der Waals surface area contributed by atoms with E-state index in [1.807, 2.05) is 0 Å². The van der Waals surface area contributed by atoms with Crippen molar-refractivity contribution in [2.75, 3.05) is 36.8 Å². The van der Waals surface area contributed by atoms with Crippen LogP contribution in [0.5, 0.6) is 5.75 Å². The van der Waals surface area contributed by atoms with Gasteiger partial charge in [-0.25, -0.2) is 8.42 Å². The number of rotatable bonds is 11. The fourth-order valence-corrected chi connectivity index (χ4v) is 7.92. The summed E-state index contributed by atoms with van der Waals surface area (Å²) < 4.78 is 93.9. The van der Waals surface area contributed by atoms with E-state index < -0.39 is 51.4 Å². The van der Waals surface area contributed by atoms with Gasteiger partial charge in [-0.1, -0.05) is 24.3 Å². The number of sulfone groups is 1. The molecule has 19 heteroatoms. The van der Waals surface area contributed by atoms with Crippen LogP contribution >= 0.6 is 0 Å². The third-order valence-corrected chi connectivity index (χ3v) is 11.3. The number of hydrogen-bond acceptors (Lipinski definition) is 12. The minimum atomic E-state index is -4.45. The number of hydrogen-bond donors (Lipinski definition) is 3. The summed E-state index contributed by atoms with van der Waals surface area (Å²) in [6, 6.07) is 15.1. The maximum absolute atomic E-state index is 13.5. The monoisotopic (exact) mass is 705 g/mol. The molecule has 0 aliphatic carbocycles. The molecule has 1 fully saturated rings. The number of anilines is 1. The number of benzene rings is 4. The number of nitrogens with zero attached hydrogens (tertiary/aromatic N) is 4. The number of ether oxygens (including phenoxy) is 1. The van der Waals surface area contributed by atoms with Crippen LogP contribution in [-0.2, 0) is 41.3 Å². The summed E-state index contributed by atoms with van der Waals surface area (Å²) in [5.41, 5.74) is -0.230. The molecule has 47 heavy (non-hydrogen) atoms. The number of non-ortho nitro benzene ring substituents is 1. The third kappa shape index (κ3) is 7.72. The Morgan fingerprint density at radius 1 is 0.894 bits per heavy atom. The van der Waals surface area contributed by atoms with Crippen LogP contribution in [0.15, 0.2) is 92.8 Å². The van der Waals surface area contributed by atoms with Crippen molar-refractivity contribution in [3.05, 3.63) is 88.5 Å². The molecular formula is C28H27N5O11S3. The molecule has 0 aromatic heterocycles. The average molecular weight is 706 g/mol. The van der Waals surface area contributed by atoms with Gasteiger partial charge in [0.05, 0.1) is 40.2 Å². The van der Waals surface area contributed by atoms with Crippen LogP contribution in [0.3, 0.4) is 0 Å². The summed E-state index contributed by atoms with van der Waals surface area (Å²) in [6.07, 6.45) is -0.109. The van der Waals surface area contributed by atoms with Crippen LogP contribution in [0, 0.1) is 10.1 Å². The quantitative estimate of drug-likeness (QED) is 0.0868. The van der Waals surface area contributed by atoms with Crippen molar-refractivity contribution in [1.82, 2.24) is 4.31 Å². The van der Waals surface area contributed by atoms with Crippen molar-refractivity contribution >= 4 is 63.7 Å². The van der Waals surface area contributed by atoms with E-state index in [2.05, 4.69) is 15.0 Å². The molecular weight excluding hydrogens is 679 g/mol. The topological polar surface area (TPSA) is 235 Å². The predicted octanol–water partition coefficient (Wildman–Crippen LogP) is 4.12. The highest BCUT2D eigenvalue weighted by atomic mass is 32.2. The highest BCUT2D eigenvalue weighted by Crippen LogP contribution is 2.40. The lowest BCUT2D eigenvalue weighted by Crippen LogP contribution is -2.43. The van der Waals surface area contributed by atoms with E-state index in [1.54, 1.807) is 0 Å². The number of azo groups is 1. The van der Waals surface area contributed by atoms with E-state index in [9.17, 15) is 40.5 Å². The fraction of sp³-hybridized carbons (Fsp3) is 0.214. The normalized spacial score (nSPS) is 14.8. The van der Waals surface area contributed by atoms with Gasteiger partial charge < -0.3 is 9.84 Å². The number of phenolic OH excluding ortho intramolecular Hbond substituents is 1. The summed E-state index contributed by atoms with van der Waals surface area (Å²) >= 11 is 0. The molecule has 1 heterocycles. The van der Waals surface area contributed by atoms with E-state index in [4.69, 9.17) is 9.29 Å². The zero-order valence-electron chi connectivity index (χ0n) is 24.3. The zero-order valence-corrected chi connectivity index (χ0v) is 26.7. The Morgan fingerprint density at radius 3 is 2.21 bits per heavy atom. The van der Waals surface area contributed by atoms with Gasteiger partial charge in [0, 0.05) is 36.0 Å². The Balaban J connectivity index is 1.51. The molecule has 0 radical (unpaired) electrons. The lowest BCUT2D eigenvalue weighted by molar-refractivity contribution is -0.385. The Hall–Kier alpha value is -4.53. The SMILES string of the molecule is O=[N+]([O-])c1ccc(N=Nc2ccc(O)c3cccc(NS(=O)(=O)N4CCOCC4)c23)c(S(=O)(=O)CCc2ccc(S(=O)(=O)O)cc2)c1. The lowest BCUT2D eigenvalue weighted by Gasteiger charge is -2.26. The first-order valence-electron chi connectivity index (χ1n) is 13.8. The van der Waals surface area contributed by atoms with E-state index in [0.29, 0.717) is 5.56 Å². The number of nitro benzene ring substituents is 1. The van der Waals surface area contributed by atoms with Crippen molar-refractivity contribution in [2.24, 2.45) is 10.2 Å². The molecule has 0 atom stereocenters. The Bertz CT molecular complexity index is 2200. The predicted molar refractivity (Wildman–Crippen MR) is 170 cm³/mol. The lowest BCUT2D eigenvalue weighted by atomic mass is 10.1. The van der Waals surface area contributed by atoms with Crippen LogP contribution in [-0.4, -0.2) is 76.2 Å². The maximum atomic E-state index is 13.5. The second-order valence-corrected chi connectivity index (χ2v) is 15.4. The van der Waals surface area contributed by atoms with Gasteiger partial charge in [-0.15, -0.1) is 10.2 Å². The van der Waals surface area contributed by atoms with Crippen LogP contribution in [0.1, 0.15) is 5.56 Å². The summed E-state index contributed by atoms with van der Waals surface area (Å²) in [7, 11) is -12.7. The van der Waals surface area contributed by atoms with Gasteiger partial charge in [-0.2, -0.15) is 21.1 Å². The van der Waals surface area contributed by atoms with Crippen LogP contribution in [0.25, 0.3) is 10.8 Å². The van der Waals surface area contributed by atoms with Crippen molar-refractivity contribution in [3.63, 3.8) is 0 Å². The fourth-order valence-electron chi connectivity index (χ4n) is 4.78. The highest BCUT2D eigenvalue weighted by molar-refractivity contribution is 7.91. The average Bonchev–Trinajstić information content (AvgIpc) is 3.04. The summed E-state index contributed by atoms with van der Waals surface area (Å²) in [4.78, 5) is 9.87. The molecule has 1 aliphatic heterocycles. The minimum Gasteiger partial charge on any atom is -0.507 e. The molecule has 0 amide bonds. The summed E-state index contributed by atoms with van der Waals surface area (Å²) in [5, 5.41) is 30.7. The molecule has 0 spiro atoms. The standard InChI is InChI=1S/C28H27N5O11S3/c34-26-11-10-24(28-22(26)2-1-3-25(28)31-47(42,43)32-13-15-44-16-14-32)30-29-23-9-6-20(33(35)36)18-27(23)45(37,38)17-12-19-4-7-21(8-5-19)46(39,40)41/h1-11,18,31,34H,12-17H2,(H,39,40,41). The smallest absolute Gasteiger partial charge is 0.301 e. The molecule has 16 nitrogen and oxygen atoms in total. The molecule has 4 aromatic rings. The number of aromatic hydroxyl groups is 1. The van der Waals surface area contributed by atoms with Gasteiger partial charge in [-0.05, 0) is 48.4 Å². The molecule has 0 saturated carbocycles. The van der Waals surface area contributed by atoms with E-state index in [0.717, 1.165) is 30.3 Å². The van der Waals surface area contributed by atoms with Crippen LogP contribution in [0.2, 0.25) is 0 Å². The van der Waals surface area contributed by atoms with Crippen molar-refractivity contribution in [2.45, 2.75) is 16.2 Å². The zero-order chi connectivity index (χ0) is 34.0. The molecule has 0 bridgehead atoms. The van der Waals surface area contributed by atoms with E-state index >= 15 is 0 Å². The molecule has 3 N–H and O–H groups in total. The molecule has 248 valence electrons. The van der Waals surface area contributed by atoms with Crippen LogP contribution < -0.4 is 4.72 Å². The van der Waals surface area contributed by atoms with E-state index in [-0.39, 0.29) is 71.2 Å². The van der Waals surface area contributed by atoms with Gasteiger partial charge in [0.25, 0.3) is 15.8 Å². The maximum Gasteiger partial charge on any atom is 0.301 e. The largest absolute Gasteiger partial charge is 0.507 e. The Labute approximate surface area is 269 Å². The molecule has 1 saturated heterocycles. The first-order valence-corrected chi connectivity index (χ1v) is 18.3. The molecule has 0 unspecified atom stereocenters. The van der Waals surface area contributed by atoms with Crippen LogP contribution in [0.4, 0.5) is 22.7 Å². The summed E-state index contributed by atoms with van der Waals surface area (Å²) in [5.74, 6) is -0.730. The second-order valence-electron chi connectivity index (χ2n) is 10.2. The Morgan fingerprint density at radius 2 is 1.55 bits per heavy atom.